The second-order valence-corrected chi connectivity index (χ2v) is 10.1. The summed E-state index contributed by atoms with van der Waals surface area (Å²) in [5.41, 5.74) is 9.31. The first-order chi connectivity index (χ1) is 17.9. The molecule has 0 saturated carbocycles. The summed E-state index contributed by atoms with van der Waals surface area (Å²) >= 11 is 0. The fourth-order valence-electron chi connectivity index (χ4n) is 5.26. The summed E-state index contributed by atoms with van der Waals surface area (Å²) in [4.78, 5) is 0. The van der Waals surface area contributed by atoms with Crippen molar-refractivity contribution in [3.8, 4) is 33.5 Å². The summed E-state index contributed by atoms with van der Waals surface area (Å²) < 4.78 is 24.2. The number of nitrogens with zero attached hydrogens (tertiary/aromatic N) is 1. The zero-order valence-electron chi connectivity index (χ0n) is 21.5. The summed E-state index contributed by atoms with van der Waals surface area (Å²) in [5, 5.41) is 1.90. The maximum absolute atomic E-state index is 15.5. The van der Waals surface area contributed by atoms with Gasteiger partial charge in [0.25, 0.3) is 0 Å². The molecule has 0 bridgehead atoms. The first-order valence-corrected chi connectivity index (χ1v) is 12.7. The van der Waals surface area contributed by atoms with E-state index in [4.69, 9.17) is 4.42 Å². The summed E-state index contributed by atoms with van der Waals surface area (Å²) in [6.45, 7) is 6.47. The Balaban J connectivity index is 1.57. The van der Waals surface area contributed by atoms with Crippen molar-refractivity contribution in [3.63, 3.8) is 0 Å². The fourth-order valence-corrected chi connectivity index (χ4v) is 5.26. The minimum atomic E-state index is -0.289. The molecule has 0 spiro atoms. The molecule has 6 rings (SSSR count). The average Bonchev–Trinajstić information content (AvgIpc) is 3.27. The highest BCUT2D eigenvalue weighted by Crippen LogP contribution is 2.42. The Bertz CT molecular complexity index is 1780. The van der Waals surface area contributed by atoms with Crippen LogP contribution in [0.3, 0.4) is 0 Å². The molecule has 2 nitrogen and oxygen atoms in total. The summed E-state index contributed by atoms with van der Waals surface area (Å²) in [6.07, 6.45) is 2.03. The predicted molar refractivity (Wildman–Crippen MR) is 150 cm³/mol. The molecular weight excluding hydrogens is 457 g/mol. The normalized spacial score (nSPS) is 11.6. The molecule has 0 aliphatic carbocycles. The number of rotatable bonds is 4. The van der Waals surface area contributed by atoms with Crippen molar-refractivity contribution in [1.29, 1.82) is 0 Å². The van der Waals surface area contributed by atoms with E-state index < -0.39 is 0 Å². The maximum atomic E-state index is 15.5. The van der Waals surface area contributed by atoms with Gasteiger partial charge < -0.3 is 4.42 Å². The Kier molecular flexibility index (Phi) is 5.64. The van der Waals surface area contributed by atoms with Crippen LogP contribution in [0.4, 0.5) is 4.39 Å². The van der Waals surface area contributed by atoms with Crippen LogP contribution in [0.5, 0.6) is 0 Å². The maximum Gasteiger partial charge on any atom is 0.216 e. The molecule has 2 heterocycles. The van der Waals surface area contributed by atoms with E-state index in [2.05, 4.69) is 79.9 Å². The van der Waals surface area contributed by atoms with Gasteiger partial charge in [-0.15, -0.1) is 0 Å². The molecule has 0 radical (unpaired) electrons. The Morgan fingerprint density at radius 3 is 2.14 bits per heavy atom. The number of halogens is 1. The van der Waals surface area contributed by atoms with Gasteiger partial charge in [-0.25, -0.2) is 8.96 Å². The van der Waals surface area contributed by atoms with Crippen LogP contribution in [0, 0.1) is 12.7 Å². The lowest BCUT2D eigenvalue weighted by Crippen LogP contribution is -2.30. The lowest BCUT2D eigenvalue weighted by Gasteiger charge is -2.10. The number of furan rings is 1. The number of hydrogen-bond donors (Lipinski definition) is 0. The number of aryl methyl sites for hydroxylation is 2. The SMILES string of the molecule is Cc1ccc2c(oc3c(-c4cccc(-c5ccc(C(C)C)cc5)c4)c(F)ccc32)c1-c1cccc[n+]1C. The van der Waals surface area contributed by atoms with Crippen LogP contribution in [0.15, 0.2) is 102 Å². The third-order valence-corrected chi connectivity index (χ3v) is 7.34. The molecule has 0 aliphatic heterocycles. The van der Waals surface area contributed by atoms with E-state index in [1.807, 2.05) is 43.6 Å². The van der Waals surface area contributed by atoms with Gasteiger partial charge >= 0.3 is 0 Å². The van der Waals surface area contributed by atoms with Crippen molar-refractivity contribution in [2.24, 2.45) is 7.05 Å². The highest BCUT2D eigenvalue weighted by Gasteiger charge is 2.23. The van der Waals surface area contributed by atoms with Gasteiger partial charge in [-0.2, -0.15) is 0 Å². The fraction of sp³-hybridized carbons (Fsp3) is 0.147. The Morgan fingerprint density at radius 1 is 0.703 bits per heavy atom. The number of hydrogen-bond acceptors (Lipinski definition) is 1. The number of aromatic nitrogens is 1. The first-order valence-electron chi connectivity index (χ1n) is 12.7. The highest BCUT2D eigenvalue weighted by molar-refractivity contribution is 6.13. The molecule has 0 N–H and O–H groups in total. The van der Waals surface area contributed by atoms with Crippen molar-refractivity contribution in [3.05, 3.63) is 114 Å². The van der Waals surface area contributed by atoms with Gasteiger partial charge in [-0.05, 0) is 64.9 Å². The van der Waals surface area contributed by atoms with Gasteiger partial charge in [-0.1, -0.05) is 68.4 Å². The van der Waals surface area contributed by atoms with Gasteiger partial charge in [-0.3, -0.25) is 0 Å². The van der Waals surface area contributed by atoms with Crippen LogP contribution in [0.25, 0.3) is 55.4 Å². The van der Waals surface area contributed by atoms with Gasteiger partial charge in [0.05, 0.1) is 11.1 Å². The van der Waals surface area contributed by atoms with Crippen LogP contribution < -0.4 is 4.57 Å². The van der Waals surface area contributed by atoms with E-state index in [0.29, 0.717) is 17.1 Å². The molecular formula is C34H29FNO+. The molecule has 37 heavy (non-hydrogen) atoms. The molecule has 2 aromatic heterocycles. The van der Waals surface area contributed by atoms with E-state index in [-0.39, 0.29) is 5.82 Å². The van der Waals surface area contributed by atoms with E-state index in [1.165, 1.54) is 5.56 Å². The van der Waals surface area contributed by atoms with Crippen LogP contribution in [-0.4, -0.2) is 0 Å². The summed E-state index contributed by atoms with van der Waals surface area (Å²) in [6, 6.07) is 30.4. The molecule has 182 valence electrons. The molecule has 6 aromatic rings. The van der Waals surface area contributed by atoms with E-state index in [1.54, 1.807) is 6.07 Å². The largest absolute Gasteiger partial charge is 0.454 e. The standard InChI is InChI=1S/C34H29FNO/c1-21(2)23-12-14-24(15-13-23)25-8-7-9-26(20-25)32-29(35)18-17-28-27-16-11-22(3)31(33(27)37-34(28)32)30-10-5-6-19-36(30)4/h5-21H,1-4H3/q+1. The van der Waals surface area contributed by atoms with Crippen molar-refractivity contribution < 1.29 is 13.4 Å². The Hall–Kier alpha value is -4.24. The van der Waals surface area contributed by atoms with Crippen molar-refractivity contribution >= 4 is 21.9 Å². The Morgan fingerprint density at radius 2 is 1.41 bits per heavy atom. The Labute approximate surface area is 216 Å². The summed E-state index contributed by atoms with van der Waals surface area (Å²) in [5.74, 6) is 0.189. The monoisotopic (exact) mass is 486 g/mol. The number of pyridine rings is 1. The molecule has 3 heteroatoms. The topological polar surface area (TPSA) is 17.0 Å². The van der Waals surface area contributed by atoms with E-state index in [0.717, 1.165) is 49.9 Å². The van der Waals surface area contributed by atoms with Gasteiger partial charge in [0.1, 0.15) is 24.0 Å². The minimum absolute atomic E-state index is 0.289. The van der Waals surface area contributed by atoms with E-state index >= 15 is 4.39 Å². The second kappa shape index (κ2) is 9.01. The van der Waals surface area contributed by atoms with Crippen molar-refractivity contribution in [2.75, 3.05) is 0 Å². The molecule has 4 aromatic carbocycles. The van der Waals surface area contributed by atoms with Crippen LogP contribution in [0.2, 0.25) is 0 Å². The lowest BCUT2D eigenvalue weighted by atomic mass is 9.95. The van der Waals surface area contributed by atoms with E-state index in [9.17, 15) is 0 Å². The molecule has 0 aliphatic rings. The first kappa shape index (κ1) is 23.2. The van der Waals surface area contributed by atoms with Gasteiger partial charge in [0, 0.05) is 22.9 Å². The molecule has 0 atom stereocenters. The van der Waals surface area contributed by atoms with Crippen molar-refractivity contribution in [1.82, 2.24) is 0 Å². The lowest BCUT2D eigenvalue weighted by molar-refractivity contribution is -0.660. The highest BCUT2D eigenvalue weighted by atomic mass is 19.1. The molecule has 0 amide bonds. The van der Waals surface area contributed by atoms with Gasteiger partial charge in [0.2, 0.25) is 5.69 Å². The molecule has 0 saturated heterocycles. The zero-order valence-corrected chi connectivity index (χ0v) is 21.5. The smallest absolute Gasteiger partial charge is 0.216 e. The molecule has 0 unspecified atom stereocenters. The second-order valence-electron chi connectivity index (χ2n) is 10.1. The zero-order chi connectivity index (χ0) is 25.7. The number of benzene rings is 4. The summed E-state index contributed by atoms with van der Waals surface area (Å²) in [7, 11) is 2.03. The van der Waals surface area contributed by atoms with Gasteiger partial charge in [0.15, 0.2) is 6.20 Å². The van der Waals surface area contributed by atoms with Crippen molar-refractivity contribution in [2.45, 2.75) is 26.7 Å². The predicted octanol–water partition coefficient (Wildman–Crippen LogP) is 8.98. The quantitative estimate of drug-likeness (QED) is 0.227. The van der Waals surface area contributed by atoms with Crippen LogP contribution in [0.1, 0.15) is 30.9 Å². The van der Waals surface area contributed by atoms with Crippen LogP contribution >= 0.6 is 0 Å². The third kappa shape index (κ3) is 3.92. The average molecular weight is 487 g/mol. The number of fused-ring (bicyclic) bond motifs is 3. The third-order valence-electron chi connectivity index (χ3n) is 7.34. The van der Waals surface area contributed by atoms with Crippen LogP contribution in [-0.2, 0) is 7.05 Å². The minimum Gasteiger partial charge on any atom is -0.454 e. The molecule has 0 fully saturated rings.